The van der Waals surface area contributed by atoms with Crippen LogP contribution in [0.1, 0.15) is 43.4 Å². The fraction of sp³-hybridized carbons (Fsp3) is 0.583. The molecule has 4 nitrogen and oxygen atoms in total. The second-order valence-electron chi connectivity index (χ2n) is 3.89. The number of nitrogens with one attached hydrogen (secondary N) is 1. The van der Waals surface area contributed by atoms with E-state index >= 15 is 0 Å². The van der Waals surface area contributed by atoms with Crippen molar-refractivity contribution in [2.45, 2.75) is 45.3 Å². The molecule has 0 saturated carbocycles. The van der Waals surface area contributed by atoms with Crippen molar-refractivity contribution in [3.63, 3.8) is 0 Å². The van der Waals surface area contributed by atoms with Crippen LogP contribution >= 0.6 is 11.8 Å². The molecule has 1 amide bonds. The molecule has 1 rings (SSSR count). The molecule has 0 aliphatic heterocycles. The Morgan fingerprint density at radius 2 is 2.18 bits per heavy atom. The minimum Gasteiger partial charge on any atom is -0.348 e. The van der Waals surface area contributed by atoms with Crippen molar-refractivity contribution in [1.29, 1.82) is 0 Å². The first kappa shape index (κ1) is 14.0. The summed E-state index contributed by atoms with van der Waals surface area (Å²) in [6, 6.07) is 1.89. The molecule has 1 aromatic heterocycles. The Morgan fingerprint density at radius 1 is 1.47 bits per heavy atom. The van der Waals surface area contributed by atoms with Crippen LogP contribution in [0.5, 0.6) is 0 Å². The van der Waals surface area contributed by atoms with E-state index in [4.69, 9.17) is 0 Å². The third-order valence-corrected chi connectivity index (χ3v) is 3.06. The number of amides is 1. The lowest BCUT2D eigenvalue weighted by atomic mass is 10.2. The Hall–Kier alpha value is -1.10. The predicted molar refractivity (Wildman–Crippen MR) is 70.4 cm³/mol. The van der Waals surface area contributed by atoms with Crippen LogP contribution in [0.15, 0.2) is 11.2 Å². The van der Waals surface area contributed by atoms with Gasteiger partial charge in [-0.25, -0.2) is 9.97 Å². The van der Waals surface area contributed by atoms with Gasteiger partial charge < -0.3 is 5.32 Å². The Kier molecular flexibility index (Phi) is 5.41. The van der Waals surface area contributed by atoms with Crippen LogP contribution in [0.4, 0.5) is 0 Å². The quantitative estimate of drug-likeness (QED) is 0.647. The average molecular weight is 253 g/mol. The molecule has 5 heteroatoms. The Balaban J connectivity index is 2.85. The first-order chi connectivity index (χ1) is 8.06. The fourth-order valence-electron chi connectivity index (χ4n) is 1.25. The molecule has 1 atom stereocenters. The fourth-order valence-corrected chi connectivity index (χ4v) is 1.88. The Bertz CT molecular complexity index is 395. The summed E-state index contributed by atoms with van der Waals surface area (Å²) in [5.74, 6) is 0.776. The lowest BCUT2D eigenvalue weighted by Crippen LogP contribution is -2.32. The number of hydrogen-bond donors (Lipinski definition) is 1. The zero-order valence-corrected chi connectivity index (χ0v) is 11.6. The Labute approximate surface area is 107 Å². The van der Waals surface area contributed by atoms with Gasteiger partial charge in [0.25, 0.3) is 5.91 Å². The summed E-state index contributed by atoms with van der Waals surface area (Å²) in [7, 11) is 0. The van der Waals surface area contributed by atoms with E-state index in [9.17, 15) is 4.79 Å². The first-order valence-corrected chi connectivity index (χ1v) is 6.84. The lowest BCUT2D eigenvalue weighted by Gasteiger charge is -2.11. The van der Waals surface area contributed by atoms with Gasteiger partial charge in [-0.05, 0) is 32.1 Å². The van der Waals surface area contributed by atoms with E-state index < -0.39 is 0 Å². The highest BCUT2D eigenvalue weighted by molar-refractivity contribution is 7.99. The molecule has 94 valence electrons. The monoisotopic (exact) mass is 253 g/mol. The molecule has 1 aromatic rings. The zero-order valence-electron chi connectivity index (χ0n) is 10.8. The van der Waals surface area contributed by atoms with E-state index in [-0.39, 0.29) is 11.9 Å². The molecule has 0 saturated heterocycles. The molecular weight excluding hydrogens is 234 g/mol. The number of aryl methyl sites for hydroxylation is 1. The van der Waals surface area contributed by atoms with Crippen molar-refractivity contribution < 1.29 is 4.79 Å². The maximum atomic E-state index is 11.9. The smallest absolute Gasteiger partial charge is 0.270 e. The van der Waals surface area contributed by atoms with Crippen LogP contribution in [0.25, 0.3) is 0 Å². The molecular formula is C12H19N3OS. The van der Waals surface area contributed by atoms with Gasteiger partial charge in [-0.1, -0.05) is 25.6 Å². The number of carbonyl (C=O) groups is 1. The predicted octanol–water partition coefficient (Wildman–Crippen LogP) is 2.43. The van der Waals surface area contributed by atoms with Gasteiger partial charge in [-0.15, -0.1) is 0 Å². The zero-order chi connectivity index (χ0) is 12.8. The second kappa shape index (κ2) is 6.59. The van der Waals surface area contributed by atoms with Gasteiger partial charge in [0, 0.05) is 11.7 Å². The van der Waals surface area contributed by atoms with Crippen LogP contribution in [0, 0.1) is 6.92 Å². The molecule has 1 unspecified atom stereocenters. The van der Waals surface area contributed by atoms with E-state index in [1.807, 2.05) is 27.7 Å². The number of carbonyl (C=O) groups excluding carboxylic acids is 1. The molecule has 0 fully saturated rings. The van der Waals surface area contributed by atoms with Crippen LogP contribution in [-0.4, -0.2) is 27.7 Å². The highest BCUT2D eigenvalue weighted by Gasteiger charge is 2.12. The molecule has 0 aromatic carbocycles. The van der Waals surface area contributed by atoms with Gasteiger partial charge in [-0.3, -0.25) is 4.79 Å². The van der Waals surface area contributed by atoms with Gasteiger partial charge in [-0.2, -0.15) is 0 Å². The number of rotatable bonds is 5. The van der Waals surface area contributed by atoms with Gasteiger partial charge in [0.1, 0.15) is 5.69 Å². The summed E-state index contributed by atoms with van der Waals surface area (Å²) in [6.45, 7) is 7.93. The normalized spacial score (nSPS) is 12.2. The first-order valence-electron chi connectivity index (χ1n) is 5.86. The van der Waals surface area contributed by atoms with Gasteiger partial charge in [0.15, 0.2) is 5.16 Å². The van der Waals surface area contributed by atoms with Crippen LogP contribution in [0.2, 0.25) is 0 Å². The van der Waals surface area contributed by atoms with Crippen LogP contribution in [0.3, 0.4) is 0 Å². The minimum absolute atomic E-state index is 0.122. The number of nitrogens with zero attached hydrogens (tertiary/aromatic N) is 2. The van der Waals surface area contributed by atoms with Crippen molar-refractivity contribution >= 4 is 17.7 Å². The average Bonchev–Trinajstić information content (AvgIpc) is 2.28. The molecule has 1 heterocycles. The van der Waals surface area contributed by atoms with E-state index in [2.05, 4.69) is 15.3 Å². The Morgan fingerprint density at radius 3 is 2.76 bits per heavy atom. The minimum atomic E-state index is -0.122. The van der Waals surface area contributed by atoms with E-state index in [1.54, 1.807) is 17.8 Å². The third kappa shape index (κ3) is 4.34. The SMILES string of the molecule is CCSc1nc(C)cc(C(=O)NC(C)CC)n1. The summed E-state index contributed by atoms with van der Waals surface area (Å²) >= 11 is 1.54. The van der Waals surface area contributed by atoms with Crippen molar-refractivity contribution in [3.05, 3.63) is 17.5 Å². The molecule has 0 aliphatic rings. The third-order valence-electron chi connectivity index (χ3n) is 2.33. The summed E-state index contributed by atoms with van der Waals surface area (Å²) in [4.78, 5) is 20.4. The van der Waals surface area contributed by atoms with Gasteiger partial charge in [0.05, 0.1) is 0 Å². The van der Waals surface area contributed by atoms with Crippen LogP contribution in [-0.2, 0) is 0 Å². The van der Waals surface area contributed by atoms with E-state index in [0.29, 0.717) is 10.9 Å². The summed E-state index contributed by atoms with van der Waals surface area (Å²) in [6.07, 6.45) is 0.909. The number of thioether (sulfide) groups is 1. The maximum absolute atomic E-state index is 11.9. The largest absolute Gasteiger partial charge is 0.348 e. The number of hydrogen-bond acceptors (Lipinski definition) is 4. The summed E-state index contributed by atoms with van der Waals surface area (Å²) < 4.78 is 0. The van der Waals surface area contributed by atoms with Gasteiger partial charge in [0.2, 0.25) is 0 Å². The molecule has 0 aliphatic carbocycles. The van der Waals surface area contributed by atoms with E-state index in [0.717, 1.165) is 17.9 Å². The molecule has 0 radical (unpaired) electrons. The van der Waals surface area contributed by atoms with Crippen molar-refractivity contribution in [2.75, 3.05) is 5.75 Å². The standard InChI is InChI=1S/C12H19N3OS/c1-5-8(3)13-11(16)10-7-9(4)14-12(15-10)17-6-2/h7-8H,5-6H2,1-4H3,(H,13,16). The summed E-state index contributed by atoms with van der Waals surface area (Å²) in [5.41, 5.74) is 1.28. The topological polar surface area (TPSA) is 54.9 Å². The second-order valence-corrected chi connectivity index (χ2v) is 5.12. The van der Waals surface area contributed by atoms with Gasteiger partial charge >= 0.3 is 0 Å². The molecule has 17 heavy (non-hydrogen) atoms. The molecule has 0 spiro atoms. The van der Waals surface area contributed by atoms with Crippen molar-refractivity contribution in [1.82, 2.24) is 15.3 Å². The highest BCUT2D eigenvalue weighted by Crippen LogP contribution is 2.13. The van der Waals surface area contributed by atoms with Crippen molar-refractivity contribution in [2.24, 2.45) is 0 Å². The maximum Gasteiger partial charge on any atom is 0.270 e. The number of aromatic nitrogens is 2. The highest BCUT2D eigenvalue weighted by atomic mass is 32.2. The van der Waals surface area contributed by atoms with Crippen molar-refractivity contribution in [3.8, 4) is 0 Å². The van der Waals surface area contributed by atoms with Crippen LogP contribution < -0.4 is 5.32 Å². The van der Waals surface area contributed by atoms with E-state index in [1.165, 1.54) is 0 Å². The molecule has 1 N–H and O–H groups in total. The summed E-state index contributed by atoms with van der Waals surface area (Å²) in [5, 5.41) is 3.57. The molecule has 0 bridgehead atoms. The lowest BCUT2D eigenvalue weighted by molar-refractivity contribution is 0.0933.